The molecule has 0 atom stereocenters. The largest absolute Gasteiger partial charge is 0.507 e. The third kappa shape index (κ3) is 2.87. The normalized spacial score (nSPS) is 11.6. The third-order valence-corrected chi connectivity index (χ3v) is 3.07. The lowest BCUT2D eigenvalue weighted by Crippen LogP contribution is -2.20. The van der Waals surface area contributed by atoms with Crippen molar-refractivity contribution in [1.29, 1.82) is 0 Å². The van der Waals surface area contributed by atoms with E-state index >= 15 is 0 Å². The molecule has 7 heteroatoms. The highest BCUT2D eigenvalue weighted by Gasteiger charge is 2.40. The van der Waals surface area contributed by atoms with E-state index in [1.807, 2.05) is 0 Å². The molecular formula is C13H15F3O4. The smallest absolute Gasteiger partial charge is 0.417 e. The number of benzene rings is 1. The van der Waals surface area contributed by atoms with E-state index < -0.39 is 41.4 Å². The number of esters is 1. The van der Waals surface area contributed by atoms with Gasteiger partial charge >= 0.3 is 12.1 Å². The number of alkyl halides is 3. The Labute approximate surface area is 114 Å². The first-order chi connectivity index (χ1) is 9.12. The van der Waals surface area contributed by atoms with E-state index in [9.17, 15) is 23.1 Å². The Morgan fingerprint density at radius 2 is 1.70 bits per heavy atom. The Kier molecular flexibility index (Phi) is 4.65. The third-order valence-electron chi connectivity index (χ3n) is 3.07. The number of hydrogen-bond acceptors (Lipinski definition) is 4. The van der Waals surface area contributed by atoms with Gasteiger partial charge in [-0.3, -0.25) is 0 Å². The molecule has 0 spiro atoms. The Hall–Kier alpha value is -1.76. The first-order valence-electron chi connectivity index (χ1n) is 5.68. The summed E-state index contributed by atoms with van der Waals surface area (Å²) in [5, 5.41) is 9.74. The van der Waals surface area contributed by atoms with Gasteiger partial charge in [0.25, 0.3) is 0 Å². The van der Waals surface area contributed by atoms with Crippen molar-refractivity contribution < 1.29 is 32.5 Å². The summed E-state index contributed by atoms with van der Waals surface area (Å²) in [6.45, 7) is 3.42. The lowest BCUT2D eigenvalue weighted by atomic mass is 9.91. The molecular weight excluding hydrogens is 277 g/mol. The molecule has 1 aromatic carbocycles. The lowest BCUT2D eigenvalue weighted by Gasteiger charge is -2.20. The van der Waals surface area contributed by atoms with Crippen LogP contribution >= 0.6 is 0 Å². The summed E-state index contributed by atoms with van der Waals surface area (Å²) in [4.78, 5) is 11.8. The molecule has 1 aromatic rings. The van der Waals surface area contributed by atoms with Gasteiger partial charge in [0, 0.05) is 12.7 Å². The van der Waals surface area contributed by atoms with E-state index in [1.165, 1.54) is 21.0 Å². The minimum Gasteiger partial charge on any atom is -0.507 e. The number of phenolic OH excluding ortho intramolecular Hbond substituents is 1. The van der Waals surface area contributed by atoms with Crippen molar-refractivity contribution in [1.82, 2.24) is 0 Å². The Morgan fingerprint density at radius 3 is 2.15 bits per heavy atom. The number of carbonyl (C=O) groups is 1. The molecule has 4 nitrogen and oxygen atoms in total. The summed E-state index contributed by atoms with van der Waals surface area (Å²) in [5.41, 5.74) is -1.94. The summed E-state index contributed by atoms with van der Waals surface area (Å²) < 4.78 is 48.5. The molecule has 0 aliphatic heterocycles. The number of aromatic hydroxyl groups is 1. The first kappa shape index (κ1) is 16.3. The molecule has 0 fully saturated rings. The standard InChI is InChI=1S/C13H15F3O4/c1-6-7(2)11(17)8(3)10(13(14,15)16)9(6)12(18)20-5-19-4/h17H,5H2,1-4H3. The predicted octanol–water partition coefficient (Wildman–Crippen LogP) is 3.10. The fourth-order valence-electron chi connectivity index (χ4n) is 1.93. The highest BCUT2D eigenvalue weighted by Crippen LogP contribution is 2.41. The molecule has 0 aliphatic rings. The van der Waals surface area contributed by atoms with E-state index in [0.717, 1.165) is 6.92 Å². The van der Waals surface area contributed by atoms with Crippen molar-refractivity contribution in [3.05, 3.63) is 27.8 Å². The van der Waals surface area contributed by atoms with Crippen molar-refractivity contribution in [2.45, 2.75) is 26.9 Å². The minimum absolute atomic E-state index is 0.0292. The van der Waals surface area contributed by atoms with Crippen LogP contribution in [-0.4, -0.2) is 25.0 Å². The summed E-state index contributed by atoms with van der Waals surface area (Å²) in [6.07, 6.45) is -4.78. The monoisotopic (exact) mass is 292 g/mol. The van der Waals surface area contributed by atoms with Crippen molar-refractivity contribution in [2.24, 2.45) is 0 Å². The summed E-state index contributed by atoms with van der Waals surface area (Å²) in [6, 6.07) is 0. The zero-order chi connectivity index (χ0) is 15.7. The Bertz CT molecular complexity index is 536. The number of carbonyl (C=O) groups excluding carboxylic acids is 1. The average Bonchev–Trinajstić information content (AvgIpc) is 2.35. The zero-order valence-corrected chi connectivity index (χ0v) is 11.5. The molecule has 0 unspecified atom stereocenters. The van der Waals surface area contributed by atoms with Crippen molar-refractivity contribution in [3.8, 4) is 5.75 Å². The first-order valence-corrected chi connectivity index (χ1v) is 5.68. The van der Waals surface area contributed by atoms with Gasteiger partial charge in [0.2, 0.25) is 0 Å². The van der Waals surface area contributed by atoms with Gasteiger partial charge in [-0.05, 0) is 31.9 Å². The van der Waals surface area contributed by atoms with Crippen LogP contribution in [0.25, 0.3) is 0 Å². The molecule has 0 heterocycles. The van der Waals surface area contributed by atoms with Gasteiger partial charge in [0.15, 0.2) is 6.79 Å². The molecule has 1 N–H and O–H groups in total. The minimum atomic E-state index is -4.78. The lowest BCUT2D eigenvalue weighted by molar-refractivity contribution is -0.138. The van der Waals surface area contributed by atoms with Crippen molar-refractivity contribution in [3.63, 3.8) is 0 Å². The second-order valence-electron chi connectivity index (χ2n) is 4.31. The van der Waals surface area contributed by atoms with Gasteiger partial charge in [0.05, 0.1) is 11.1 Å². The van der Waals surface area contributed by atoms with Crippen LogP contribution in [0.1, 0.15) is 32.6 Å². The molecule has 0 saturated heterocycles. The van der Waals surface area contributed by atoms with Gasteiger partial charge in [0.1, 0.15) is 5.75 Å². The molecule has 0 radical (unpaired) electrons. The SMILES string of the molecule is COCOC(=O)c1c(C)c(C)c(O)c(C)c1C(F)(F)F. The van der Waals surface area contributed by atoms with Crippen molar-refractivity contribution in [2.75, 3.05) is 13.9 Å². The van der Waals surface area contributed by atoms with Gasteiger partial charge in [-0.25, -0.2) is 4.79 Å². The quantitative estimate of drug-likeness (QED) is 0.687. The zero-order valence-electron chi connectivity index (χ0n) is 11.5. The maximum absolute atomic E-state index is 13.1. The van der Waals surface area contributed by atoms with Gasteiger partial charge < -0.3 is 14.6 Å². The number of rotatable bonds is 3. The number of methoxy groups -OCH3 is 1. The second kappa shape index (κ2) is 5.70. The Balaban J connectivity index is 3.59. The number of hydrogen-bond donors (Lipinski definition) is 1. The van der Waals surface area contributed by atoms with E-state index in [0.29, 0.717) is 0 Å². The van der Waals surface area contributed by atoms with Gasteiger partial charge in [-0.2, -0.15) is 13.2 Å². The fourth-order valence-corrected chi connectivity index (χ4v) is 1.93. The Morgan fingerprint density at radius 1 is 1.15 bits per heavy atom. The molecule has 0 amide bonds. The van der Waals surface area contributed by atoms with Crippen LogP contribution in [0.5, 0.6) is 5.75 Å². The second-order valence-corrected chi connectivity index (χ2v) is 4.31. The fraction of sp³-hybridized carbons (Fsp3) is 0.462. The average molecular weight is 292 g/mol. The maximum Gasteiger partial charge on any atom is 0.417 e. The van der Waals surface area contributed by atoms with Crippen LogP contribution in [0.15, 0.2) is 0 Å². The van der Waals surface area contributed by atoms with E-state index in [2.05, 4.69) is 9.47 Å². The van der Waals surface area contributed by atoms with E-state index in [4.69, 9.17) is 0 Å². The summed E-state index contributed by atoms with van der Waals surface area (Å²) >= 11 is 0. The predicted molar refractivity (Wildman–Crippen MR) is 64.6 cm³/mol. The number of halogens is 3. The number of ether oxygens (including phenoxy) is 2. The maximum atomic E-state index is 13.1. The van der Waals surface area contributed by atoms with E-state index in [1.54, 1.807) is 0 Å². The van der Waals surface area contributed by atoms with Crippen LogP contribution in [0.2, 0.25) is 0 Å². The van der Waals surface area contributed by atoms with Crippen molar-refractivity contribution >= 4 is 5.97 Å². The van der Waals surface area contributed by atoms with Crippen LogP contribution in [0.3, 0.4) is 0 Å². The molecule has 0 saturated carbocycles. The topological polar surface area (TPSA) is 55.8 Å². The van der Waals surface area contributed by atoms with Crippen LogP contribution in [0.4, 0.5) is 13.2 Å². The van der Waals surface area contributed by atoms with Gasteiger partial charge in [-0.15, -0.1) is 0 Å². The molecule has 1 rings (SSSR count). The molecule has 20 heavy (non-hydrogen) atoms. The number of phenols is 1. The molecule has 0 aromatic heterocycles. The van der Waals surface area contributed by atoms with Gasteiger partial charge in [-0.1, -0.05) is 0 Å². The molecule has 0 bridgehead atoms. The summed E-state index contributed by atoms with van der Waals surface area (Å²) in [5.74, 6) is -1.61. The van der Waals surface area contributed by atoms with Crippen LogP contribution in [-0.2, 0) is 15.7 Å². The highest BCUT2D eigenvalue weighted by atomic mass is 19.4. The van der Waals surface area contributed by atoms with Crippen LogP contribution in [0, 0.1) is 20.8 Å². The van der Waals surface area contributed by atoms with E-state index in [-0.39, 0.29) is 11.1 Å². The van der Waals surface area contributed by atoms with Crippen LogP contribution < -0.4 is 0 Å². The summed E-state index contributed by atoms with van der Waals surface area (Å²) in [7, 11) is 1.25. The highest BCUT2D eigenvalue weighted by molar-refractivity contribution is 5.94. The molecule has 112 valence electrons. The molecule has 0 aliphatic carbocycles.